The second kappa shape index (κ2) is 4.06. The Balaban J connectivity index is 2.49. The van der Waals surface area contributed by atoms with Crippen molar-refractivity contribution in [2.75, 3.05) is 0 Å². The third kappa shape index (κ3) is 2.04. The van der Waals surface area contributed by atoms with Gasteiger partial charge in [0.2, 0.25) is 0 Å². The highest BCUT2D eigenvalue weighted by molar-refractivity contribution is 14.1. The molecule has 0 radical (unpaired) electrons. The van der Waals surface area contributed by atoms with Crippen molar-refractivity contribution >= 4 is 28.6 Å². The van der Waals surface area contributed by atoms with E-state index in [0.29, 0.717) is 0 Å². The van der Waals surface area contributed by atoms with Crippen molar-refractivity contribution in [3.05, 3.63) is 51.9 Å². The zero-order valence-electron chi connectivity index (χ0n) is 7.72. The van der Waals surface area contributed by atoms with Crippen LogP contribution in [0.1, 0.15) is 10.5 Å². The van der Waals surface area contributed by atoms with Crippen LogP contribution in [0.4, 0.5) is 0 Å². The van der Waals surface area contributed by atoms with Gasteiger partial charge in [0, 0.05) is 15.5 Å². The molecule has 0 aliphatic rings. The van der Waals surface area contributed by atoms with Crippen molar-refractivity contribution in [3.63, 3.8) is 0 Å². The smallest absolute Gasteiger partial charge is 0.352 e. The number of carbonyl (C=O) groups is 1. The first kappa shape index (κ1) is 10.2. The van der Waals surface area contributed by atoms with E-state index < -0.39 is 5.97 Å². The number of halogens is 1. The van der Waals surface area contributed by atoms with Crippen molar-refractivity contribution in [2.45, 2.75) is 0 Å². The number of hydrogen-bond donors (Lipinski definition) is 1. The first-order chi connectivity index (χ1) is 7.18. The predicted molar refractivity (Wildman–Crippen MR) is 65.4 cm³/mol. The van der Waals surface area contributed by atoms with E-state index in [4.69, 9.17) is 5.11 Å². The van der Waals surface area contributed by atoms with Gasteiger partial charge in [0.25, 0.3) is 0 Å². The van der Waals surface area contributed by atoms with Crippen molar-refractivity contribution in [1.29, 1.82) is 0 Å². The Labute approximate surface area is 100 Å². The molecule has 1 aromatic carbocycles. The molecule has 15 heavy (non-hydrogen) atoms. The van der Waals surface area contributed by atoms with Crippen LogP contribution in [0.5, 0.6) is 0 Å². The van der Waals surface area contributed by atoms with Crippen LogP contribution in [-0.4, -0.2) is 15.6 Å². The summed E-state index contributed by atoms with van der Waals surface area (Å²) in [5, 5.41) is 8.95. The Morgan fingerprint density at radius 1 is 1.20 bits per heavy atom. The molecule has 0 atom stereocenters. The molecule has 0 fully saturated rings. The maximum Gasteiger partial charge on any atom is 0.352 e. The standard InChI is InChI=1S/C11H8INO2/c12-8-3-5-9(6-4-8)13-7-1-2-10(13)11(14)15/h1-7H,(H,14,15). The predicted octanol–water partition coefficient (Wildman–Crippen LogP) is 2.78. The summed E-state index contributed by atoms with van der Waals surface area (Å²) in [7, 11) is 0. The third-order valence-electron chi connectivity index (χ3n) is 2.07. The molecule has 0 aliphatic carbocycles. The Kier molecular flexibility index (Phi) is 2.77. The third-order valence-corrected chi connectivity index (χ3v) is 2.79. The average Bonchev–Trinajstić information content (AvgIpc) is 2.67. The highest BCUT2D eigenvalue weighted by atomic mass is 127. The number of carboxylic acids is 1. The molecular formula is C11H8INO2. The minimum absolute atomic E-state index is 0.274. The minimum Gasteiger partial charge on any atom is -0.477 e. The monoisotopic (exact) mass is 313 g/mol. The Bertz CT molecular complexity index is 488. The van der Waals surface area contributed by atoms with Gasteiger partial charge < -0.3 is 9.67 Å². The molecule has 2 aromatic rings. The fourth-order valence-electron chi connectivity index (χ4n) is 1.38. The van der Waals surface area contributed by atoms with Gasteiger partial charge in [-0.25, -0.2) is 4.79 Å². The number of benzene rings is 1. The number of nitrogens with zero attached hydrogens (tertiary/aromatic N) is 1. The molecule has 0 aliphatic heterocycles. The number of aromatic carboxylic acids is 1. The van der Waals surface area contributed by atoms with Crippen LogP contribution in [0.15, 0.2) is 42.6 Å². The molecule has 0 saturated carbocycles. The van der Waals surface area contributed by atoms with Crippen LogP contribution in [-0.2, 0) is 0 Å². The fraction of sp³-hybridized carbons (Fsp3) is 0. The second-order valence-electron chi connectivity index (χ2n) is 3.04. The van der Waals surface area contributed by atoms with Crippen molar-refractivity contribution in [3.8, 4) is 5.69 Å². The van der Waals surface area contributed by atoms with Gasteiger partial charge in [-0.2, -0.15) is 0 Å². The molecule has 1 aromatic heterocycles. The van der Waals surface area contributed by atoms with Crippen LogP contribution in [0.25, 0.3) is 5.69 Å². The molecule has 1 N–H and O–H groups in total. The molecule has 76 valence electrons. The summed E-state index contributed by atoms with van der Waals surface area (Å²) in [5.74, 6) is -0.918. The van der Waals surface area contributed by atoms with Gasteiger partial charge in [-0.3, -0.25) is 0 Å². The van der Waals surface area contributed by atoms with E-state index in [0.717, 1.165) is 9.26 Å². The molecule has 4 heteroatoms. The van der Waals surface area contributed by atoms with Crippen molar-refractivity contribution in [1.82, 2.24) is 4.57 Å². The second-order valence-corrected chi connectivity index (χ2v) is 4.29. The summed E-state index contributed by atoms with van der Waals surface area (Å²) < 4.78 is 2.78. The molecule has 3 nitrogen and oxygen atoms in total. The average molecular weight is 313 g/mol. The summed E-state index contributed by atoms with van der Waals surface area (Å²) in [6, 6.07) is 11.0. The van der Waals surface area contributed by atoms with Crippen LogP contribution in [0.3, 0.4) is 0 Å². The highest BCUT2D eigenvalue weighted by Crippen LogP contribution is 2.14. The number of carboxylic acid groups (broad SMARTS) is 1. The zero-order valence-corrected chi connectivity index (χ0v) is 9.88. The molecular weight excluding hydrogens is 305 g/mol. The van der Waals surface area contributed by atoms with Gasteiger partial charge >= 0.3 is 5.97 Å². The first-order valence-corrected chi connectivity index (χ1v) is 5.43. The normalized spacial score (nSPS) is 10.2. The summed E-state index contributed by atoms with van der Waals surface area (Å²) in [5.41, 5.74) is 1.13. The van der Waals surface area contributed by atoms with E-state index in [9.17, 15) is 4.79 Å². The quantitative estimate of drug-likeness (QED) is 0.866. The van der Waals surface area contributed by atoms with Crippen LogP contribution < -0.4 is 0 Å². The van der Waals surface area contributed by atoms with E-state index in [-0.39, 0.29) is 5.69 Å². The molecule has 0 bridgehead atoms. The molecule has 0 amide bonds. The molecule has 0 unspecified atom stereocenters. The van der Waals surface area contributed by atoms with E-state index in [2.05, 4.69) is 22.6 Å². The van der Waals surface area contributed by atoms with Crippen molar-refractivity contribution < 1.29 is 9.90 Å². The van der Waals surface area contributed by atoms with E-state index >= 15 is 0 Å². The number of hydrogen-bond acceptors (Lipinski definition) is 1. The fourth-order valence-corrected chi connectivity index (χ4v) is 1.74. The van der Waals surface area contributed by atoms with E-state index in [1.54, 1.807) is 22.9 Å². The lowest BCUT2D eigenvalue weighted by Gasteiger charge is -2.05. The van der Waals surface area contributed by atoms with Crippen LogP contribution in [0.2, 0.25) is 0 Å². The highest BCUT2D eigenvalue weighted by Gasteiger charge is 2.09. The number of rotatable bonds is 2. The lowest BCUT2D eigenvalue weighted by molar-refractivity contribution is 0.0688. The largest absolute Gasteiger partial charge is 0.477 e. The summed E-state index contributed by atoms with van der Waals surface area (Å²) in [6.07, 6.45) is 1.74. The maximum absolute atomic E-state index is 10.9. The minimum atomic E-state index is -0.918. The van der Waals surface area contributed by atoms with E-state index in [1.165, 1.54) is 0 Å². The molecule has 2 rings (SSSR count). The lowest BCUT2D eigenvalue weighted by Crippen LogP contribution is -2.05. The van der Waals surface area contributed by atoms with Crippen LogP contribution in [0, 0.1) is 3.57 Å². The first-order valence-electron chi connectivity index (χ1n) is 4.35. The van der Waals surface area contributed by atoms with Gasteiger partial charge in [0.15, 0.2) is 0 Å². The Morgan fingerprint density at radius 2 is 1.87 bits per heavy atom. The van der Waals surface area contributed by atoms with Gasteiger partial charge in [-0.1, -0.05) is 0 Å². The Morgan fingerprint density at radius 3 is 2.47 bits per heavy atom. The SMILES string of the molecule is O=C(O)c1cccn1-c1ccc(I)cc1. The van der Waals surface area contributed by atoms with Crippen LogP contribution >= 0.6 is 22.6 Å². The van der Waals surface area contributed by atoms with Gasteiger partial charge in [-0.15, -0.1) is 0 Å². The lowest BCUT2D eigenvalue weighted by atomic mass is 10.3. The topological polar surface area (TPSA) is 42.2 Å². The maximum atomic E-state index is 10.9. The van der Waals surface area contributed by atoms with Crippen molar-refractivity contribution in [2.24, 2.45) is 0 Å². The molecule has 0 spiro atoms. The summed E-state index contributed by atoms with van der Waals surface area (Å²) in [4.78, 5) is 10.9. The molecule has 0 saturated heterocycles. The Hall–Kier alpha value is -1.30. The summed E-state index contributed by atoms with van der Waals surface area (Å²) in [6.45, 7) is 0. The number of aromatic nitrogens is 1. The van der Waals surface area contributed by atoms with Gasteiger partial charge in [0.1, 0.15) is 5.69 Å². The van der Waals surface area contributed by atoms with Gasteiger partial charge in [-0.05, 0) is 59.0 Å². The van der Waals surface area contributed by atoms with Gasteiger partial charge in [0.05, 0.1) is 0 Å². The van der Waals surface area contributed by atoms with E-state index in [1.807, 2.05) is 24.3 Å². The molecule has 1 heterocycles. The summed E-state index contributed by atoms with van der Waals surface area (Å²) >= 11 is 2.21. The zero-order chi connectivity index (χ0) is 10.8.